The van der Waals surface area contributed by atoms with Crippen molar-refractivity contribution in [2.24, 2.45) is 5.92 Å². The maximum Gasteiger partial charge on any atom is 0.338 e. The summed E-state index contributed by atoms with van der Waals surface area (Å²) in [6.07, 6.45) is -0.900. The highest BCUT2D eigenvalue weighted by Crippen LogP contribution is 2.15. The van der Waals surface area contributed by atoms with E-state index in [1.54, 1.807) is 38.3 Å². The highest BCUT2D eigenvalue weighted by atomic mass is 16.5. The molecule has 0 aliphatic rings. The fraction of sp³-hybridized carbons (Fsp3) is 0.364. The lowest BCUT2D eigenvalue weighted by molar-refractivity contribution is -0.129. The van der Waals surface area contributed by atoms with E-state index < -0.39 is 12.1 Å². The number of ether oxygens (including phenoxy) is 3. The van der Waals surface area contributed by atoms with Gasteiger partial charge in [0.15, 0.2) is 6.10 Å². The Balaban J connectivity index is 1.82. The second-order valence-electron chi connectivity index (χ2n) is 6.84. The van der Waals surface area contributed by atoms with Gasteiger partial charge in [0.1, 0.15) is 11.5 Å². The molecule has 0 saturated carbocycles. The molecule has 0 heterocycles. The predicted octanol–water partition coefficient (Wildman–Crippen LogP) is 3.59. The molecule has 0 aromatic heterocycles. The summed E-state index contributed by atoms with van der Waals surface area (Å²) in [4.78, 5) is 24.4. The van der Waals surface area contributed by atoms with Crippen LogP contribution in [-0.2, 0) is 16.1 Å². The maximum atomic E-state index is 12.2. The van der Waals surface area contributed by atoms with Crippen molar-refractivity contribution in [1.29, 1.82) is 0 Å². The Hall–Kier alpha value is -3.02. The second-order valence-corrected chi connectivity index (χ2v) is 6.84. The summed E-state index contributed by atoms with van der Waals surface area (Å²) in [5.41, 5.74) is 1.29. The number of carbonyl (C=O) groups excluding carboxylic acids is 2. The van der Waals surface area contributed by atoms with Gasteiger partial charge in [-0.2, -0.15) is 0 Å². The number of rotatable bonds is 9. The number of esters is 1. The Bertz CT molecular complexity index is 769. The van der Waals surface area contributed by atoms with E-state index >= 15 is 0 Å². The van der Waals surface area contributed by atoms with E-state index in [1.807, 2.05) is 24.3 Å². The van der Waals surface area contributed by atoms with Crippen molar-refractivity contribution in [2.75, 3.05) is 13.7 Å². The standard InChI is InChI=1S/C22H27NO5/c1-15(2)14-27-20-11-7-18(8-12-20)22(25)28-16(3)21(24)23-13-17-5-9-19(26-4)10-6-17/h5-12,15-16H,13-14H2,1-4H3,(H,23,24)/t16-/m1/s1. The van der Waals surface area contributed by atoms with Crippen LogP contribution in [0.25, 0.3) is 0 Å². The van der Waals surface area contributed by atoms with Gasteiger partial charge in [0.25, 0.3) is 5.91 Å². The molecular weight excluding hydrogens is 358 g/mol. The Morgan fingerprint density at radius 1 is 0.929 bits per heavy atom. The van der Waals surface area contributed by atoms with Crippen molar-refractivity contribution in [3.05, 3.63) is 59.7 Å². The molecule has 6 nitrogen and oxygen atoms in total. The van der Waals surface area contributed by atoms with Crippen molar-refractivity contribution >= 4 is 11.9 Å². The zero-order chi connectivity index (χ0) is 20.5. The largest absolute Gasteiger partial charge is 0.497 e. The minimum absolute atomic E-state index is 0.340. The molecule has 1 N–H and O–H groups in total. The van der Waals surface area contributed by atoms with Crippen molar-refractivity contribution < 1.29 is 23.8 Å². The third-order valence-corrected chi connectivity index (χ3v) is 3.95. The van der Waals surface area contributed by atoms with Gasteiger partial charge in [-0.1, -0.05) is 26.0 Å². The van der Waals surface area contributed by atoms with Crippen molar-refractivity contribution in [3.8, 4) is 11.5 Å². The smallest absolute Gasteiger partial charge is 0.338 e. The molecular formula is C22H27NO5. The molecule has 2 aromatic carbocycles. The van der Waals surface area contributed by atoms with Crippen LogP contribution in [0.2, 0.25) is 0 Å². The molecule has 0 spiro atoms. The maximum absolute atomic E-state index is 12.2. The Morgan fingerprint density at radius 3 is 2.11 bits per heavy atom. The van der Waals surface area contributed by atoms with Crippen LogP contribution in [0.5, 0.6) is 11.5 Å². The predicted molar refractivity (Wildman–Crippen MR) is 106 cm³/mol. The first-order chi connectivity index (χ1) is 13.4. The van der Waals surface area contributed by atoms with E-state index in [-0.39, 0.29) is 5.91 Å². The molecule has 0 aliphatic heterocycles. The van der Waals surface area contributed by atoms with Crippen LogP contribution >= 0.6 is 0 Å². The molecule has 0 radical (unpaired) electrons. The third-order valence-electron chi connectivity index (χ3n) is 3.95. The van der Waals surface area contributed by atoms with Crippen molar-refractivity contribution in [2.45, 2.75) is 33.4 Å². The fourth-order valence-electron chi connectivity index (χ4n) is 2.31. The minimum Gasteiger partial charge on any atom is -0.497 e. The lowest BCUT2D eigenvalue weighted by Crippen LogP contribution is -2.35. The van der Waals surface area contributed by atoms with Crippen molar-refractivity contribution in [1.82, 2.24) is 5.32 Å². The van der Waals surface area contributed by atoms with Gasteiger partial charge in [-0.05, 0) is 54.8 Å². The molecule has 0 bridgehead atoms. The van der Waals surface area contributed by atoms with Crippen LogP contribution in [0.3, 0.4) is 0 Å². The van der Waals surface area contributed by atoms with Crippen molar-refractivity contribution in [3.63, 3.8) is 0 Å². The van der Waals surface area contributed by atoms with Gasteiger partial charge >= 0.3 is 5.97 Å². The fourth-order valence-corrected chi connectivity index (χ4v) is 2.31. The molecule has 2 aromatic rings. The highest BCUT2D eigenvalue weighted by molar-refractivity contribution is 5.92. The average Bonchev–Trinajstić information content (AvgIpc) is 2.71. The monoisotopic (exact) mass is 385 g/mol. The first-order valence-electron chi connectivity index (χ1n) is 9.23. The second kappa shape index (κ2) is 10.3. The van der Waals surface area contributed by atoms with E-state index in [0.717, 1.165) is 11.3 Å². The summed E-state index contributed by atoms with van der Waals surface area (Å²) >= 11 is 0. The highest BCUT2D eigenvalue weighted by Gasteiger charge is 2.18. The summed E-state index contributed by atoms with van der Waals surface area (Å²) in [5, 5.41) is 2.75. The molecule has 2 rings (SSSR count). The van der Waals surface area contributed by atoms with Gasteiger partial charge < -0.3 is 19.5 Å². The quantitative estimate of drug-likeness (QED) is 0.668. The van der Waals surface area contributed by atoms with Crippen LogP contribution in [0.15, 0.2) is 48.5 Å². The van der Waals surface area contributed by atoms with Gasteiger partial charge in [0, 0.05) is 6.54 Å². The number of benzene rings is 2. The normalized spacial score (nSPS) is 11.6. The molecule has 0 fully saturated rings. The number of carbonyl (C=O) groups is 2. The Morgan fingerprint density at radius 2 is 1.54 bits per heavy atom. The number of amides is 1. The van der Waals surface area contributed by atoms with Crippen LogP contribution in [-0.4, -0.2) is 31.7 Å². The Labute approximate surface area is 165 Å². The van der Waals surface area contributed by atoms with E-state index in [0.29, 0.717) is 30.4 Å². The summed E-state index contributed by atoms with van der Waals surface area (Å²) in [7, 11) is 1.60. The zero-order valence-electron chi connectivity index (χ0n) is 16.7. The van der Waals surface area contributed by atoms with E-state index in [9.17, 15) is 9.59 Å². The van der Waals surface area contributed by atoms with E-state index in [4.69, 9.17) is 14.2 Å². The van der Waals surface area contributed by atoms with E-state index in [1.165, 1.54) is 0 Å². The van der Waals surface area contributed by atoms with Gasteiger partial charge in [-0.25, -0.2) is 4.79 Å². The molecule has 6 heteroatoms. The molecule has 150 valence electrons. The molecule has 0 saturated heterocycles. The van der Waals surface area contributed by atoms with Crippen LogP contribution < -0.4 is 14.8 Å². The third kappa shape index (κ3) is 6.61. The number of hydrogen-bond donors (Lipinski definition) is 1. The van der Waals surface area contributed by atoms with Gasteiger partial charge in [-0.3, -0.25) is 4.79 Å². The van der Waals surface area contributed by atoms with Crippen LogP contribution in [0, 0.1) is 5.92 Å². The van der Waals surface area contributed by atoms with Crippen LogP contribution in [0.4, 0.5) is 0 Å². The van der Waals surface area contributed by atoms with Gasteiger partial charge in [0.2, 0.25) is 0 Å². The summed E-state index contributed by atoms with van der Waals surface area (Å²) in [6, 6.07) is 14.0. The summed E-state index contributed by atoms with van der Waals surface area (Å²) < 4.78 is 15.9. The first-order valence-corrected chi connectivity index (χ1v) is 9.23. The SMILES string of the molecule is COc1ccc(CNC(=O)[C@@H](C)OC(=O)c2ccc(OCC(C)C)cc2)cc1. The summed E-state index contributed by atoms with van der Waals surface area (Å²) in [6.45, 7) is 6.61. The number of methoxy groups -OCH3 is 1. The van der Waals surface area contributed by atoms with Gasteiger partial charge in [0.05, 0.1) is 19.3 Å². The number of hydrogen-bond acceptors (Lipinski definition) is 5. The lowest BCUT2D eigenvalue weighted by atomic mass is 10.2. The molecule has 0 aliphatic carbocycles. The Kier molecular flexibility index (Phi) is 7.87. The minimum atomic E-state index is -0.900. The zero-order valence-corrected chi connectivity index (χ0v) is 16.7. The molecule has 1 amide bonds. The summed E-state index contributed by atoms with van der Waals surface area (Å²) in [5.74, 6) is 0.944. The molecule has 28 heavy (non-hydrogen) atoms. The lowest BCUT2D eigenvalue weighted by Gasteiger charge is -2.14. The number of nitrogens with one attached hydrogen (secondary N) is 1. The van der Waals surface area contributed by atoms with E-state index in [2.05, 4.69) is 19.2 Å². The van der Waals surface area contributed by atoms with Gasteiger partial charge in [-0.15, -0.1) is 0 Å². The molecule has 1 atom stereocenters. The topological polar surface area (TPSA) is 73.9 Å². The van der Waals surface area contributed by atoms with Crippen LogP contribution in [0.1, 0.15) is 36.7 Å². The first kappa shape index (κ1) is 21.3. The molecule has 0 unspecified atom stereocenters. The average molecular weight is 385 g/mol.